The molecule has 1 aromatic carbocycles. The number of fused-ring (bicyclic) bond motifs is 1. The van der Waals surface area contributed by atoms with Gasteiger partial charge in [0.2, 0.25) is 0 Å². The Balaban J connectivity index is 2.26. The number of carbonyl (C=O) groups is 1. The van der Waals surface area contributed by atoms with Crippen LogP contribution in [0.15, 0.2) is 12.1 Å². The van der Waals surface area contributed by atoms with E-state index in [0.29, 0.717) is 11.0 Å². The molecular formula is C9H9BFNO4. The molecule has 0 unspecified atom stereocenters. The van der Waals surface area contributed by atoms with E-state index in [4.69, 9.17) is 9.76 Å². The molecule has 1 aliphatic rings. The van der Waals surface area contributed by atoms with Gasteiger partial charge in [-0.2, -0.15) is 0 Å². The molecule has 0 radical (unpaired) electrons. The van der Waals surface area contributed by atoms with Crippen LogP contribution in [0.2, 0.25) is 0 Å². The molecule has 0 atom stereocenters. The van der Waals surface area contributed by atoms with Crippen LogP contribution in [0.25, 0.3) is 0 Å². The number of hydrogen-bond donors (Lipinski definition) is 3. The van der Waals surface area contributed by atoms with Gasteiger partial charge in [-0.1, -0.05) is 0 Å². The Hall–Kier alpha value is -1.60. The standard InChI is InChI=1S/C9H9BFNO4/c11-7-1-5-4-16-10(15)6(5)2-8(7)12-3-9(13)14/h1-2,12,15H,3-4H2,(H,13,14). The highest BCUT2D eigenvalue weighted by Crippen LogP contribution is 2.18. The van der Waals surface area contributed by atoms with Gasteiger partial charge < -0.3 is 20.1 Å². The highest BCUT2D eigenvalue weighted by atomic mass is 19.1. The van der Waals surface area contributed by atoms with Crippen molar-refractivity contribution in [2.24, 2.45) is 0 Å². The Bertz CT molecular complexity index is 440. The van der Waals surface area contributed by atoms with E-state index < -0.39 is 18.9 Å². The lowest BCUT2D eigenvalue weighted by Crippen LogP contribution is -2.29. The molecule has 1 aromatic rings. The third-order valence-electron chi connectivity index (χ3n) is 2.32. The Morgan fingerprint density at radius 1 is 1.62 bits per heavy atom. The van der Waals surface area contributed by atoms with Crippen LogP contribution in [-0.4, -0.2) is 29.8 Å². The molecule has 1 heterocycles. The summed E-state index contributed by atoms with van der Waals surface area (Å²) >= 11 is 0. The second-order valence-electron chi connectivity index (χ2n) is 3.44. The van der Waals surface area contributed by atoms with Gasteiger partial charge in [-0.05, 0) is 23.2 Å². The third kappa shape index (κ3) is 2.00. The zero-order valence-electron chi connectivity index (χ0n) is 8.24. The molecule has 0 saturated heterocycles. The minimum atomic E-state index is -1.09. The number of carboxylic acids is 1. The number of benzene rings is 1. The van der Waals surface area contributed by atoms with E-state index >= 15 is 0 Å². The molecular weight excluding hydrogens is 216 g/mol. The van der Waals surface area contributed by atoms with Gasteiger partial charge in [0.1, 0.15) is 12.4 Å². The molecule has 0 amide bonds. The van der Waals surface area contributed by atoms with E-state index in [2.05, 4.69) is 5.32 Å². The maximum Gasteiger partial charge on any atom is 0.491 e. The lowest BCUT2D eigenvalue weighted by Gasteiger charge is -2.07. The Morgan fingerprint density at radius 3 is 3.06 bits per heavy atom. The topological polar surface area (TPSA) is 78.8 Å². The van der Waals surface area contributed by atoms with Crippen LogP contribution in [0.1, 0.15) is 5.56 Å². The summed E-state index contributed by atoms with van der Waals surface area (Å²) in [6.45, 7) is -0.223. The van der Waals surface area contributed by atoms with Crippen LogP contribution in [0.3, 0.4) is 0 Å². The fourth-order valence-electron chi connectivity index (χ4n) is 1.55. The van der Waals surface area contributed by atoms with Crippen molar-refractivity contribution in [3.8, 4) is 0 Å². The van der Waals surface area contributed by atoms with Crippen molar-refractivity contribution >= 4 is 24.2 Å². The quantitative estimate of drug-likeness (QED) is 0.606. The van der Waals surface area contributed by atoms with E-state index in [0.717, 1.165) is 0 Å². The minimum absolute atomic E-state index is 0.0469. The minimum Gasteiger partial charge on any atom is -0.480 e. The smallest absolute Gasteiger partial charge is 0.480 e. The Morgan fingerprint density at radius 2 is 2.38 bits per heavy atom. The van der Waals surface area contributed by atoms with E-state index in [1.54, 1.807) is 0 Å². The maximum atomic E-state index is 13.4. The van der Waals surface area contributed by atoms with Crippen LogP contribution < -0.4 is 10.8 Å². The van der Waals surface area contributed by atoms with Crippen LogP contribution in [0.4, 0.5) is 10.1 Å². The molecule has 2 rings (SSSR count). The first kappa shape index (κ1) is 10.9. The van der Waals surface area contributed by atoms with Gasteiger partial charge in [-0.3, -0.25) is 4.79 Å². The van der Waals surface area contributed by atoms with Gasteiger partial charge in [-0.15, -0.1) is 0 Å². The number of halogens is 1. The number of anilines is 1. The molecule has 1 aliphatic heterocycles. The number of carboxylic acid groups (broad SMARTS) is 1. The fraction of sp³-hybridized carbons (Fsp3) is 0.222. The van der Waals surface area contributed by atoms with Crippen LogP contribution in [0.5, 0.6) is 0 Å². The van der Waals surface area contributed by atoms with Gasteiger partial charge in [0, 0.05) is 0 Å². The molecule has 5 nitrogen and oxygen atoms in total. The first-order valence-corrected chi connectivity index (χ1v) is 4.65. The van der Waals surface area contributed by atoms with Crippen molar-refractivity contribution in [1.29, 1.82) is 0 Å². The first-order valence-electron chi connectivity index (χ1n) is 4.65. The summed E-state index contributed by atoms with van der Waals surface area (Å²) in [4.78, 5) is 10.3. The third-order valence-corrected chi connectivity index (χ3v) is 2.32. The lowest BCUT2D eigenvalue weighted by molar-refractivity contribution is -0.134. The molecule has 7 heteroatoms. The van der Waals surface area contributed by atoms with Crippen molar-refractivity contribution in [2.45, 2.75) is 6.61 Å². The van der Waals surface area contributed by atoms with Gasteiger partial charge >= 0.3 is 13.1 Å². The summed E-state index contributed by atoms with van der Waals surface area (Å²) in [6.07, 6.45) is 0. The number of aliphatic carboxylic acids is 1. The van der Waals surface area contributed by atoms with E-state index in [1.165, 1.54) is 12.1 Å². The summed E-state index contributed by atoms with van der Waals surface area (Å²) in [6, 6.07) is 2.60. The predicted octanol–water partition coefficient (Wildman–Crippen LogP) is -0.460. The van der Waals surface area contributed by atoms with E-state index in [-0.39, 0.29) is 18.8 Å². The van der Waals surface area contributed by atoms with Crippen molar-refractivity contribution in [1.82, 2.24) is 0 Å². The second-order valence-corrected chi connectivity index (χ2v) is 3.44. The van der Waals surface area contributed by atoms with Crippen LogP contribution in [0, 0.1) is 5.82 Å². The highest BCUT2D eigenvalue weighted by Gasteiger charge is 2.28. The molecule has 0 fully saturated rings. The van der Waals surface area contributed by atoms with E-state index in [9.17, 15) is 14.2 Å². The van der Waals surface area contributed by atoms with Crippen LogP contribution >= 0.6 is 0 Å². The molecule has 0 bridgehead atoms. The van der Waals surface area contributed by atoms with Gasteiger partial charge in [0.05, 0.1) is 12.3 Å². The number of hydrogen-bond acceptors (Lipinski definition) is 4. The van der Waals surface area contributed by atoms with Crippen molar-refractivity contribution in [3.63, 3.8) is 0 Å². The second kappa shape index (κ2) is 4.11. The summed E-state index contributed by atoms with van der Waals surface area (Å²) in [7, 11) is -1.07. The summed E-state index contributed by atoms with van der Waals surface area (Å²) in [5.74, 6) is -1.64. The van der Waals surface area contributed by atoms with Gasteiger partial charge in [0.25, 0.3) is 0 Å². The molecule has 0 spiro atoms. The van der Waals surface area contributed by atoms with Crippen LogP contribution in [-0.2, 0) is 16.1 Å². The molecule has 0 saturated carbocycles. The van der Waals surface area contributed by atoms with Crippen molar-refractivity contribution in [2.75, 3.05) is 11.9 Å². The zero-order valence-corrected chi connectivity index (χ0v) is 8.24. The summed E-state index contributed by atoms with van der Waals surface area (Å²) < 4.78 is 18.3. The predicted molar refractivity (Wildman–Crippen MR) is 54.9 cm³/mol. The Labute approximate surface area is 91.0 Å². The largest absolute Gasteiger partial charge is 0.491 e. The van der Waals surface area contributed by atoms with Crippen molar-refractivity contribution in [3.05, 3.63) is 23.5 Å². The molecule has 16 heavy (non-hydrogen) atoms. The first-order chi connectivity index (χ1) is 7.58. The molecule has 0 aromatic heterocycles. The number of rotatable bonds is 3. The monoisotopic (exact) mass is 225 g/mol. The molecule has 0 aliphatic carbocycles. The van der Waals surface area contributed by atoms with Gasteiger partial charge in [-0.25, -0.2) is 4.39 Å². The highest BCUT2D eigenvalue weighted by molar-refractivity contribution is 6.61. The number of nitrogens with one attached hydrogen (secondary N) is 1. The molecule has 3 N–H and O–H groups in total. The average Bonchev–Trinajstić information content (AvgIpc) is 2.56. The average molecular weight is 225 g/mol. The lowest BCUT2D eigenvalue weighted by atomic mass is 9.79. The maximum absolute atomic E-state index is 13.4. The van der Waals surface area contributed by atoms with E-state index in [1.807, 2.05) is 0 Å². The summed E-state index contributed by atoms with van der Waals surface area (Å²) in [5.41, 5.74) is 1.09. The Kier molecular flexibility index (Phi) is 2.80. The normalized spacial score (nSPS) is 13.8. The fourth-order valence-corrected chi connectivity index (χ4v) is 1.55. The zero-order chi connectivity index (χ0) is 11.7. The summed E-state index contributed by atoms with van der Waals surface area (Å²) in [5, 5.41) is 20.3. The van der Waals surface area contributed by atoms with Gasteiger partial charge in [0.15, 0.2) is 0 Å². The van der Waals surface area contributed by atoms with Crippen molar-refractivity contribution < 1.29 is 24.0 Å². The SMILES string of the molecule is O=C(O)CNc1cc2c(cc1F)COB2O. The molecule has 84 valence electrons.